The molecule has 0 aromatic heterocycles. The smallest absolute Gasteiger partial charge is 0.127 e. The predicted molar refractivity (Wildman–Crippen MR) is 68.7 cm³/mol. The standard InChI is InChI=1S/C14H20FNO/c1-3-5-6-17-14-9-11(7-12(15)10-14)8-13(16)4-2/h3,7,9-10,13H,1,4-6,8,16H2,2H3. The number of halogens is 1. The van der Waals surface area contributed by atoms with Crippen molar-refractivity contribution in [1.82, 2.24) is 0 Å². The molecule has 0 fully saturated rings. The van der Waals surface area contributed by atoms with Crippen LogP contribution in [0.5, 0.6) is 5.75 Å². The Morgan fingerprint density at radius 3 is 2.88 bits per heavy atom. The first-order chi connectivity index (χ1) is 8.15. The molecule has 0 aliphatic heterocycles. The summed E-state index contributed by atoms with van der Waals surface area (Å²) in [5, 5.41) is 0. The van der Waals surface area contributed by atoms with Gasteiger partial charge in [0.2, 0.25) is 0 Å². The lowest BCUT2D eigenvalue weighted by Crippen LogP contribution is -2.21. The van der Waals surface area contributed by atoms with Crippen LogP contribution in [-0.2, 0) is 6.42 Å². The van der Waals surface area contributed by atoms with E-state index in [2.05, 4.69) is 6.58 Å². The fourth-order valence-corrected chi connectivity index (χ4v) is 1.53. The van der Waals surface area contributed by atoms with Crippen molar-refractivity contribution in [2.75, 3.05) is 6.61 Å². The lowest BCUT2D eigenvalue weighted by atomic mass is 10.0. The molecular weight excluding hydrogens is 217 g/mol. The van der Waals surface area contributed by atoms with Crippen molar-refractivity contribution in [2.45, 2.75) is 32.2 Å². The second kappa shape index (κ2) is 7.07. The van der Waals surface area contributed by atoms with Crippen LogP contribution in [-0.4, -0.2) is 12.6 Å². The lowest BCUT2D eigenvalue weighted by molar-refractivity contribution is 0.323. The van der Waals surface area contributed by atoms with Crippen LogP contribution in [0.1, 0.15) is 25.3 Å². The molecule has 1 aromatic carbocycles. The van der Waals surface area contributed by atoms with Gasteiger partial charge in [-0.25, -0.2) is 4.39 Å². The summed E-state index contributed by atoms with van der Waals surface area (Å²) in [4.78, 5) is 0. The Hall–Kier alpha value is -1.35. The van der Waals surface area contributed by atoms with Gasteiger partial charge in [0.1, 0.15) is 11.6 Å². The first-order valence-corrected chi connectivity index (χ1v) is 5.94. The quantitative estimate of drug-likeness (QED) is 0.584. The summed E-state index contributed by atoms with van der Waals surface area (Å²) in [5.74, 6) is 0.282. The largest absolute Gasteiger partial charge is 0.493 e. The molecule has 1 aromatic rings. The zero-order valence-electron chi connectivity index (χ0n) is 10.3. The van der Waals surface area contributed by atoms with Gasteiger partial charge in [-0.15, -0.1) is 6.58 Å². The molecule has 0 bridgehead atoms. The Labute approximate surface area is 102 Å². The third kappa shape index (κ3) is 5.00. The maximum absolute atomic E-state index is 13.4. The molecule has 0 saturated heterocycles. The molecule has 0 aliphatic carbocycles. The summed E-state index contributed by atoms with van der Waals surface area (Å²) in [5.41, 5.74) is 6.73. The fourth-order valence-electron chi connectivity index (χ4n) is 1.53. The van der Waals surface area contributed by atoms with Crippen molar-refractivity contribution in [1.29, 1.82) is 0 Å². The average Bonchev–Trinajstić information content (AvgIpc) is 2.28. The summed E-state index contributed by atoms with van der Waals surface area (Å²) in [6, 6.07) is 4.82. The lowest BCUT2D eigenvalue weighted by Gasteiger charge is -2.11. The minimum absolute atomic E-state index is 0.0674. The van der Waals surface area contributed by atoms with Gasteiger partial charge in [-0.1, -0.05) is 13.0 Å². The second-order valence-electron chi connectivity index (χ2n) is 4.09. The Bertz CT molecular complexity index is 365. The Morgan fingerprint density at radius 1 is 1.47 bits per heavy atom. The van der Waals surface area contributed by atoms with Crippen molar-refractivity contribution < 1.29 is 9.13 Å². The molecule has 0 saturated carbocycles. The molecule has 1 unspecified atom stereocenters. The minimum Gasteiger partial charge on any atom is -0.493 e. The third-order valence-electron chi connectivity index (χ3n) is 2.54. The molecule has 17 heavy (non-hydrogen) atoms. The van der Waals surface area contributed by atoms with Crippen LogP contribution in [0.2, 0.25) is 0 Å². The number of nitrogens with two attached hydrogens (primary N) is 1. The highest BCUT2D eigenvalue weighted by Crippen LogP contribution is 2.18. The number of ether oxygens (including phenoxy) is 1. The number of rotatable bonds is 7. The molecule has 0 amide bonds. The van der Waals surface area contributed by atoms with Crippen LogP contribution in [0.15, 0.2) is 30.9 Å². The predicted octanol–water partition coefficient (Wildman–Crippen LogP) is 3.06. The number of benzene rings is 1. The highest BCUT2D eigenvalue weighted by Gasteiger charge is 2.05. The molecule has 1 rings (SSSR count). The maximum Gasteiger partial charge on any atom is 0.127 e. The van der Waals surface area contributed by atoms with Gasteiger partial charge < -0.3 is 10.5 Å². The zero-order valence-corrected chi connectivity index (χ0v) is 10.3. The Morgan fingerprint density at radius 2 is 2.24 bits per heavy atom. The van der Waals surface area contributed by atoms with Crippen LogP contribution >= 0.6 is 0 Å². The molecule has 2 N–H and O–H groups in total. The normalized spacial score (nSPS) is 12.2. The fraction of sp³-hybridized carbons (Fsp3) is 0.429. The van der Waals surface area contributed by atoms with E-state index in [4.69, 9.17) is 10.5 Å². The molecular formula is C14H20FNO. The van der Waals surface area contributed by atoms with Crippen LogP contribution in [0, 0.1) is 5.82 Å². The average molecular weight is 237 g/mol. The van der Waals surface area contributed by atoms with Crippen molar-refractivity contribution in [3.8, 4) is 5.75 Å². The summed E-state index contributed by atoms with van der Waals surface area (Å²) >= 11 is 0. The van der Waals surface area contributed by atoms with E-state index in [1.807, 2.05) is 13.0 Å². The van der Waals surface area contributed by atoms with E-state index in [0.29, 0.717) is 18.8 Å². The van der Waals surface area contributed by atoms with E-state index < -0.39 is 0 Å². The maximum atomic E-state index is 13.4. The van der Waals surface area contributed by atoms with Gasteiger partial charge in [0.25, 0.3) is 0 Å². The van der Waals surface area contributed by atoms with Gasteiger partial charge in [-0.05, 0) is 37.0 Å². The van der Waals surface area contributed by atoms with Crippen LogP contribution in [0.4, 0.5) is 4.39 Å². The molecule has 94 valence electrons. The zero-order chi connectivity index (χ0) is 12.7. The van der Waals surface area contributed by atoms with E-state index in [1.54, 1.807) is 6.08 Å². The van der Waals surface area contributed by atoms with Gasteiger partial charge in [0, 0.05) is 12.1 Å². The summed E-state index contributed by atoms with van der Waals surface area (Å²) < 4.78 is 18.8. The van der Waals surface area contributed by atoms with E-state index in [9.17, 15) is 4.39 Å². The summed E-state index contributed by atoms with van der Waals surface area (Å²) in [7, 11) is 0. The van der Waals surface area contributed by atoms with Gasteiger partial charge in [0.15, 0.2) is 0 Å². The molecule has 0 heterocycles. The SMILES string of the molecule is C=CCCOc1cc(F)cc(CC(N)CC)c1. The van der Waals surface area contributed by atoms with E-state index in [-0.39, 0.29) is 11.9 Å². The minimum atomic E-state index is -0.278. The Kier molecular flexibility index (Phi) is 5.70. The highest BCUT2D eigenvalue weighted by molar-refractivity contribution is 5.30. The van der Waals surface area contributed by atoms with Gasteiger partial charge >= 0.3 is 0 Å². The molecule has 0 spiro atoms. The van der Waals surface area contributed by atoms with E-state index >= 15 is 0 Å². The second-order valence-corrected chi connectivity index (χ2v) is 4.09. The van der Waals surface area contributed by atoms with Gasteiger partial charge in [-0.3, -0.25) is 0 Å². The third-order valence-corrected chi connectivity index (χ3v) is 2.54. The molecule has 2 nitrogen and oxygen atoms in total. The van der Waals surface area contributed by atoms with E-state index in [1.165, 1.54) is 12.1 Å². The first-order valence-electron chi connectivity index (χ1n) is 5.94. The molecule has 3 heteroatoms. The summed E-state index contributed by atoms with van der Waals surface area (Å²) in [6.45, 7) is 6.15. The Balaban J connectivity index is 2.68. The van der Waals surface area contributed by atoms with Crippen molar-refractivity contribution in [3.63, 3.8) is 0 Å². The van der Waals surface area contributed by atoms with Crippen LogP contribution < -0.4 is 10.5 Å². The van der Waals surface area contributed by atoms with Crippen LogP contribution in [0.25, 0.3) is 0 Å². The first kappa shape index (κ1) is 13.7. The molecule has 0 radical (unpaired) electrons. The van der Waals surface area contributed by atoms with Gasteiger partial charge in [-0.2, -0.15) is 0 Å². The van der Waals surface area contributed by atoms with Crippen molar-refractivity contribution in [3.05, 3.63) is 42.2 Å². The highest BCUT2D eigenvalue weighted by atomic mass is 19.1. The number of hydrogen-bond acceptors (Lipinski definition) is 2. The van der Waals surface area contributed by atoms with Gasteiger partial charge in [0.05, 0.1) is 6.61 Å². The topological polar surface area (TPSA) is 35.2 Å². The van der Waals surface area contributed by atoms with Crippen LogP contribution in [0.3, 0.4) is 0 Å². The monoisotopic (exact) mass is 237 g/mol. The number of hydrogen-bond donors (Lipinski definition) is 1. The summed E-state index contributed by atoms with van der Waals surface area (Å²) in [6.07, 6.45) is 4.07. The molecule has 1 atom stereocenters. The van der Waals surface area contributed by atoms with Crippen molar-refractivity contribution >= 4 is 0 Å². The van der Waals surface area contributed by atoms with E-state index in [0.717, 1.165) is 18.4 Å². The van der Waals surface area contributed by atoms with Crippen molar-refractivity contribution in [2.24, 2.45) is 5.73 Å². The molecule has 0 aliphatic rings.